The Morgan fingerprint density at radius 3 is 3.19 bits per heavy atom. The molecule has 0 radical (unpaired) electrons. The van der Waals surface area contributed by atoms with Crippen molar-refractivity contribution >= 4 is 17.4 Å². The Morgan fingerprint density at radius 1 is 1.62 bits per heavy atom. The van der Waals surface area contributed by atoms with Gasteiger partial charge in [-0.05, 0) is 31.4 Å². The van der Waals surface area contributed by atoms with Crippen LogP contribution < -0.4 is 5.32 Å². The van der Waals surface area contributed by atoms with Gasteiger partial charge in [0.1, 0.15) is 0 Å². The van der Waals surface area contributed by atoms with Crippen molar-refractivity contribution in [1.29, 1.82) is 0 Å². The van der Waals surface area contributed by atoms with Gasteiger partial charge in [0.25, 0.3) is 0 Å². The van der Waals surface area contributed by atoms with E-state index in [9.17, 15) is 4.39 Å². The topological polar surface area (TPSA) is 47.0 Å². The minimum absolute atomic E-state index is 0.0454. The van der Waals surface area contributed by atoms with E-state index in [1.165, 1.54) is 0 Å². The quantitative estimate of drug-likeness (QED) is 0.812. The zero-order chi connectivity index (χ0) is 11.5. The third-order valence-electron chi connectivity index (χ3n) is 2.54. The first-order valence-corrected chi connectivity index (χ1v) is 5.59. The van der Waals surface area contributed by atoms with Crippen LogP contribution in [0.25, 0.3) is 0 Å². The minimum atomic E-state index is -0.483. The highest BCUT2D eigenvalue weighted by Crippen LogP contribution is 2.19. The lowest BCUT2D eigenvalue weighted by Crippen LogP contribution is -2.33. The maximum atomic E-state index is 13.3. The maximum absolute atomic E-state index is 13.3. The number of rotatable bonds is 2. The van der Waals surface area contributed by atoms with Crippen molar-refractivity contribution in [3.05, 3.63) is 17.3 Å². The lowest BCUT2D eigenvalue weighted by Gasteiger charge is -2.28. The standard InChI is InChI=1S/C10H13ClFN3O/c1-6-4-7(2-3-16-6)14-9-8(12)5-13-10(11)15-9/h5-7H,2-4H2,1H3,(H,13,14,15). The summed E-state index contributed by atoms with van der Waals surface area (Å²) in [6, 6.07) is 0.171. The summed E-state index contributed by atoms with van der Waals surface area (Å²) in [5.74, 6) is -0.317. The first-order valence-electron chi connectivity index (χ1n) is 5.21. The number of hydrogen-bond acceptors (Lipinski definition) is 4. The van der Waals surface area contributed by atoms with Crippen LogP contribution in [0, 0.1) is 5.82 Å². The van der Waals surface area contributed by atoms with Gasteiger partial charge in [0.05, 0.1) is 12.3 Å². The molecule has 0 aromatic carbocycles. The number of anilines is 1. The molecule has 4 nitrogen and oxygen atoms in total. The second kappa shape index (κ2) is 4.93. The molecule has 6 heteroatoms. The van der Waals surface area contributed by atoms with Gasteiger partial charge >= 0.3 is 0 Å². The number of nitrogens with one attached hydrogen (secondary N) is 1. The van der Waals surface area contributed by atoms with Gasteiger partial charge < -0.3 is 10.1 Å². The summed E-state index contributed by atoms with van der Waals surface area (Å²) < 4.78 is 18.8. The van der Waals surface area contributed by atoms with Crippen molar-refractivity contribution in [3.8, 4) is 0 Å². The summed E-state index contributed by atoms with van der Waals surface area (Å²) in [6.07, 6.45) is 2.93. The van der Waals surface area contributed by atoms with Crippen LogP contribution in [0.5, 0.6) is 0 Å². The summed E-state index contributed by atoms with van der Waals surface area (Å²) >= 11 is 5.61. The highest BCUT2D eigenvalue weighted by Gasteiger charge is 2.20. The fraction of sp³-hybridized carbons (Fsp3) is 0.600. The molecule has 0 saturated carbocycles. The summed E-state index contributed by atoms with van der Waals surface area (Å²) in [5, 5.41) is 3.08. The molecule has 2 rings (SSSR count). The number of nitrogens with zero attached hydrogens (tertiary/aromatic N) is 2. The number of ether oxygens (including phenoxy) is 1. The van der Waals surface area contributed by atoms with Crippen molar-refractivity contribution in [3.63, 3.8) is 0 Å². The van der Waals surface area contributed by atoms with Crippen LogP contribution in [0.3, 0.4) is 0 Å². The lowest BCUT2D eigenvalue weighted by atomic mass is 10.0. The van der Waals surface area contributed by atoms with Gasteiger partial charge in [0.15, 0.2) is 11.6 Å². The first-order chi connectivity index (χ1) is 7.65. The molecule has 0 bridgehead atoms. The number of aromatic nitrogens is 2. The molecule has 2 heterocycles. The molecule has 1 aliphatic heterocycles. The van der Waals surface area contributed by atoms with E-state index in [0.717, 1.165) is 19.0 Å². The van der Waals surface area contributed by atoms with E-state index in [1.54, 1.807) is 0 Å². The molecule has 1 saturated heterocycles. The van der Waals surface area contributed by atoms with E-state index in [0.29, 0.717) is 6.61 Å². The zero-order valence-electron chi connectivity index (χ0n) is 8.91. The number of hydrogen-bond donors (Lipinski definition) is 1. The van der Waals surface area contributed by atoms with Gasteiger partial charge in [0.2, 0.25) is 5.28 Å². The fourth-order valence-electron chi connectivity index (χ4n) is 1.77. The average Bonchev–Trinajstić information content (AvgIpc) is 2.24. The Balaban J connectivity index is 2.05. The Morgan fingerprint density at radius 2 is 2.44 bits per heavy atom. The van der Waals surface area contributed by atoms with Gasteiger partial charge in [-0.2, -0.15) is 4.98 Å². The Labute approximate surface area is 98.2 Å². The van der Waals surface area contributed by atoms with E-state index in [-0.39, 0.29) is 23.2 Å². The van der Waals surface area contributed by atoms with Crippen molar-refractivity contribution in [2.24, 2.45) is 0 Å². The summed E-state index contributed by atoms with van der Waals surface area (Å²) in [5.41, 5.74) is 0. The fourth-order valence-corrected chi connectivity index (χ4v) is 1.90. The SMILES string of the molecule is CC1CC(Nc2nc(Cl)ncc2F)CCO1. The molecule has 1 N–H and O–H groups in total. The maximum Gasteiger partial charge on any atom is 0.224 e. The molecule has 1 aliphatic rings. The molecule has 16 heavy (non-hydrogen) atoms. The lowest BCUT2D eigenvalue weighted by molar-refractivity contribution is 0.0231. The van der Waals surface area contributed by atoms with Crippen molar-refractivity contribution in [2.45, 2.75) is 31.9 Å². The Kier molecular flexibility index (Phi) is 3.56. The molecule has 0 amide bonds. The Bertz CT molecular complexity index is 377. The molecule has 2 atom stereocenters. The molecule has 1 aromatic rings. The predicted molar refractivity (Wildman–Crippen MR) is 59.1 cm³/mol. The molecular weight excluding hydrogens is 233 g/mol. The average molecular weight is 246 g/mol. The summed E-state index contributed by atoms with van der Waals surface area (Å²) in [4.78, 5) is 7.38. The largest absolute Gasteiger partial charge is 0.378 e. The summed E-state index contributed by atoms with van der Waals surface area (Å²) in [6.45, 7) is 2.68. The Hall–Kier alpha value is -0.940. The monoisotopic (exact) mass is 245 g/mol. The zero-order valence-corrected chi connectivity index (χ0v) is 9.67. The normalized spacial score (nSPS) is 25.4. The van der Waals surface area contributed by atoms with E-state index < -0.39 is 5.82 Å². The second-order valence-electron chi connectivity index (χ2n) is 3.88. The van der Waals surface area contributed by atoms with Crippen LogP contribution in [0.15, 0.2) is 6.20 Å². The van der Waals surface area contributed by atoms with Gasteiger partial charge in [0, 0.05) is 12.6 Å². The molecule has 0 spiro atoms. The molecule has 0 aliphatic carbocycles. The molecule has 2 unspecified atom stereocenters. The van der Waals surface area contributed by atoms with Gasteiger partial charge in [-0.3, -0.25) is 0 Å². The van der Waals surface area contributed by atoms with Crippen LogP contribution in [0.1, 0.15) is 19.8 Å². The van der Waals surface area contributed by atoms with Gasteiger partial charge in [-0.25, -0.2) is 9.37 Å². The van der Waals surface area contributed by atoms with E-state index >= 15 is 0 Å². The van der Waals surface area contributed by atoms with Crippen LogP contribution in [-0.2, 0) is 4.74 Å². The first kappa shape index (κ1) is 11.5. The summed E-state index contributed by atoms with van der Waals surface area (Å²) in [7, 11) is 0. The predicted octanol–water partition coefficient (Wildman–Crippen LogP) is 2.25. The highest BCUT2D eigenvalue weighted by molar-refractivity contribution is 6.28. The minimum Gasteiger partial charge on any atom is -0.378 e. The van der Waals surface area contributed by atoms with Crippen molar-refractivity contribution in [2.75, 3.05) is 11.9 Å². The van der Waals surface area contributed by atoms with Crippen molar-refractivity contribution in [1.82, 2.24) is 9.97 Å². The van der Waals surface area contributed by atoms with Crippen LogP contribution in [0.4, 0.5) is 10.2 Å². The van der Waals surface area contributed by atoms with Crippen LogP contribution in [0.2, 0.25) is 5.28 Å². The van der Waals surface area contributed by atoms with Crippen LogP contribution >= 0.6 is 11.6 Å². The van der Waals surface area contributed by atoms with Crippen LogP contribution in [-0.4, -0.2) is 28.7 Å². The van der Waals surface area contributed by atoms with Gasteiger partial charge in [-0.15, -0.1) is 0 Å². The highest BCUT2D eigenvalue weighted by atomic mass is 35.5. The number of halogens is 2. The second-order valence-corrected chi connectivity index (χ2v) is 4.22. The van der Waals surface area contributed by atoms with E-state index in [2.05, 4.69) is 15.3 Å². The molecule has 88 valence electrons. The van der Waals surface area contributed by atoms with Gasteiger partial charge in [-0.1, -0.05) is 0 Å². The van der Waals surface area contributed by atoms with E-state index in [4.69, 9.17) is 16.3 Å². The third kappa shape index (κ3) is 2.80. The smallest absolute Gasteiger partial charge is 0.224 e. The van der Waals surface area contributed by atoms with E-state index in [1.807, 2.05) is 6.92 Å². The van der Waals surface area contributed by atoms with Crippen molar-refractivity contribution < 1.29 is 9.13 Å². The molecular formula is C10H13ClFN3O. The molecule has 1 aromatic heterocycles. The third-order valence-corrected chi connectivity index (χ3v) is 2.72. The molecule has 1 fully saturated rings.